The minimum Gasteiger partial charge on any atom is -0.445 e. The number of carbonyl (C=O) groups excluding carboxylic acids is 7. The molecule has 0 spiro atoms. The van der Waals surface area contributed by atoms with Gasteiger partial charge in [0.15, 0.2) is 5.65 Å². The maximum Gasteiger partial charge on any atom is 0.407 e. The molecule has 0 radical (unpaired) electrons. The van der Waals surface area contributed by atoms with Crippen molar-refractivity contribution in [2.75, 3.05) is 71.3 Å². The van der Waals surface area contributed by atoms with Gasteiger partial charge in [0.25, 0.3) is 11.8 Å². The van der Waals surface area contributed by atoms with Crippen LogP contribution < -0.4 is 37.6 Å². The number of nitrogens with two attached hydrogens (primary N) is 1. The molecule has 7 aromatic rings. The summed E-state index contributed by atoms with van der Waals surface area (Å²) in [5.41, 5.74) is 15.0. The normalized spacial score (nSPS) is 12.7. The topological polar surface area (TPSA) is 339 Å². The van der Waals surface area contributed by atoms with E-state index in [0.717, 1.165) is 67.0 Å². The van der Waals surface area contributed by atoms with Gasteiger partial charge in [0.2, 0.25) is 17.7 Å². The van der Waals surface area contributed by atoms with Gasteiger partial charge in [-0.1, -0.05) is 80.6 Å². The number of alkyl carbamates (subject to hydrolysis) is 1. The third-order valence-electron chi connectivity index (χ3n) is 14.2. The third-order valence-corrected chi connectivity index (χ3v) is 14.2. The number of urea groups is 1. The molecule has 26 nitrogen and oxygen atoms in total. The molecule has 0 aliphatic carbocycles. The maximum absolute atomic E-state index is 13.8. The number of imide groups is 1. The number of ether oxygens (including phenoxy) is 5. The van der Waals surface area contributed by atoms with Gasteiger partial charge in [0, 0.05) is 61.3 Å². The molecule has 0 bridgehead atoms. The number of benzene rings is 3. The summed E-state index contributed by atoms with van der Waals surface area (Å²) in [6.45, 7) is 8.85. The van der Waals surface area contributed by atoms with Gasteiger partial charge >= 0.3 is 12.1 Å². The molecular weight excluding hydrogens is 1160 g/mol. The van der Waals surface area contributed by atoms with Crippen molar-refractivity contribution < 1.29 is 57.2 Å². The number of hydrogen-bond acceptors (Lipinski definition) is 17. The fraction of sp³-hybridized carbons (Fsp3) is 0.359. The second-order valence-corrected chi connectivity index (χ2v) is 21.2. The molecule has 3 aromatic carbocycles. The lowest BCUT2D eigenvalue weighted by Crippen LogP contribution is -2.54. The number of aryl methyl sites for hydroxylation is 1. The van der Waals surface area contributed by atoms with Crippen LogP contribution in [-0.4, -0.2) is 154 Å². The number of fused-ring (bicyclic) bond motifs is 1. The van der Waals surface area contributed by atoms with Gasteiger partial charge in [0.05, 0.1) is 83.0 Å². The van der Waals surface area contributed by atoms with Gasteiger partial charge in [-0.15, -0.1) is 0 Å². The first-order valence-corrected chi connectivity index (χ1v) is 29.7. The van der Waals surface area contributed by atoms with Crippen molar-refractivity contribution in [3.8, 4) is 33.8 Å². The van der Waals surface area contributed by atoms with Crippen molar-refractivity contribution in [3.63, 3.8) is 0 Å². The van der Waals surface area contributed by atoms with Crippen LogP contribution in [0.4, 0.5) is 15.3 Å². The van der Waals surface area contributed by atoms with Gasteiger partial charge < -0.3 is 66.3 Å². The first-order valence-electron chi connectivity index (χ1n) is 29.7. The Morgan fingerprint density at radius 3 is 2.03 bits per heavy atom. The Hall–Kier alpha value is -9.73. The van der Waals surface area contributed by atoms with E-state index < -0.39 is 41.9 Å². The average molecular weight is 1230 g/mol. The number of H-pyrrole nitrogens is 1. The van der Waals surface area contributed by atoms with E-state index in [-0.39, 0.29) is 89.8 Å². The molecule has 90 heavy (non-hydrogen) atoms. The lowest BCUT2D eigenvalue weighted by atomic mass is 9.95. The average Bonchev–Trinajstić information content (AvgIpc) is 3.44. The van der Waals surface area contributed by atoms with Crippen molar-refractivity contribution in [1.29, 1.82) is 0 Å². The first kappa shape index (κ1) is 66.2. The molecule has 26 heteroatoms. The predicted octanol–water partition coefficient (Wildman–Crippen LogP) is 5.27. The minimum absolute atomic E-state index is 0.0350. The number of nitrogens with zero attached hydrogens (tertiary/aromatic N) is 6. The van der Waals surface area contributed by atoms with Crippen molar-refractivity contribution in [2.45, 2.75) is 78.4 Å². The number of pyridine rings is 2. The third kappa shape index (κ3) is 20.2. The van der Waals surface area contributed by atoms with Crippen LogP contribution in [0.15, 0.2) is 128 Å². The van der Waals surface area contributed by atoms with Crippen molar-refractivity contribution in [3.05, 3.63) is 156 Å². The molecule has 0 saturated heterocycles. The number of primary amides is 1. The molecule has 8 rings (SSSR count). The predicted molar refractivity (Wildman–Crippen MR) is 332 cm³/mol. The van der Waals surface area contributed by atoms with Crippen molar-refractivity contribution in [2.24, 2.45) is 11.7 Å². The number of amides is 8. The first-order chi connectivity index (χ1) is 43.7. The number of hydrogen-bond donors (Lipinski definition) is 8. The zero-order chi connectivity index (χ0) is 63.6. The Bertz CT molecular complexity index is 3570. The Morgan fingerprint density at radius 2 is 1.36 bits per heavy atom. The highest BCUT2D eigenvalue weighted by molar-refractivity contribution is 6.12. The molecule has 1 aliphatic rings. The van der Waals surface area contributed by atoms with Crippen LogP contribution in [0.3, 0.4) is 0 Å². The SMILES string of the molecule is Cc1cccc(-c2[nH]c(CNCc3ccccc3-c3ccccc3CNC(=O)OCc3ccc(NC(=O)[C@H](CCCNC(N)=O)NC(=O)C(NC(=O)CCOCCOCCOCCOCCN4C(=O)C=CC4=O)C(C)C)cc3)nc2-c2ccc3ncnn3c2)n1. The summed E-state index contributed by atoms with van der Waals surface area (Å²) in [6.07, 6.45) is 5.62. The second kappa shape index (κ2) is 34.1. The molecule has 474 valence electrons. The van der Waals surface area contributed by atoms with Gasteiger partial charge in [0.1, 0.15) is 30.8 Å². The lowest BCUT2D eigenvalue weighted by molar-refractivity contribution is -0.137. The summed E-state index contributed by atoms with van der Waals surface area (Å²) in [6, 6.07) is 29.6. The number of anilines is 1. The monoisotopic (exact) mass is 1230 g/mol. The van der Waals surface area contributed by atoms with Crippen LogP contribution in [-0.2, 0) is 73.9 Å². The summed E-state index contributed by atoms with van der Waals surface area (Å²) in [5, 5.41) is 21.6. The highest BCUT2D eigenvalue weighted by Gasteiger charge is 2.29. The number of aromatic amines is 1. The van der Waals surface area contributed by atoms with Gasteiger partial charge in [-0.3, -0.25) is 33.9 Å². The van der Waals surface area contributed by atoms with Crippen molar-refractivity contribution in [1.82, 2.24) is 61.0 Å². The van der Waals surface area contributed by atoms with E-state index in [9.17, 15) is 33.6 Å². The smallest absolute Gasteiger partial charge is 0.407 e. The van der Waals surface area contributed by atoms with Gasteiger partial charge in [-0.2, -0.15) is 5.10 Å². The Balaban J connectivity index is 0.757. The fourth-order valence-electron chi connectivity index (χ4n) is 9.57. The standard InChI is InChI=1S/C64H76N14O12/c1-42(2)58(76-55(79)25-28-86-30-32-88-34-35-89-33-31-87-29-27-77-56(80)23-24-57(77)81)62(83)73-52(16-9-26-67-63(65)84)61(82)72-48-20-17-44(18-21-48)40-90-64(85)68-37-46-12-5-7-14-50(46)49-13-6-4-11-45(49)36-66-38-53-74-59(47-19-22-54-69-41-70-78(54)39-47)60(75-53)51-15-8-10-43(3)71-51/h4-8,10-15,17-24,39,41-42,52,58,66H,9,16,25-38,40H2,1-3H3,(H,68,85)(H,72,82)(H,73,83)(H,74,75)(H,76,79)(H3,65,67,84)/t52-,58?/m0/s1. The summed E-state index contributed by atoms with van der Waals surface area (Å²) < 4.78 is 29.2. The number of carbonyl (C=O) groups is 7. The van der Waals surface area contributed by atoms with Gasteiger partial charge in [-0.25, -0.2) is 24.1 Å². The molecule has 0 saturated carbocycles. The fourth-order valence-corrected chi connectivity index (χ4v) is 9.57. The summed E-state index contributed by atoms with van der Waals surface area (Å²) in [5.74, 6) is -1.88. The zero-order valence-corrected chi connectivity index (χ0v) is 50.5. The van der Waals surface area contributed by atoms with E-state index in [1.807, 2.05) is 79.9 Å². The molecule has 2 atom stereocenters. The lowest BCUT2D eigenvalue weighted by Gasteiger charge is -2.25. The molecule has 1 unspecified atom stereocenters. The molecule has 9 N–H and O–H groups in total. The highest BCUT2D eigenvalue weighted by atomic mass is 16.6. The molecular formula is C64H76N14O12. The van der Waals surface area contributed by atoms with E-state index in [0.29, 0.717) is 50.6 Å². The summed E-state index contributed by atoms with van der Waals surface area (Å²) in [7, 11) is 0. The van der Waals surface area contributed by atoms with Crippen LogP contribution in [0, 0.1) is 12.8 Å². The Labute approximate surface area is 520 Å². The van der Waals surface area contributed by atoms with Crippen LogP contribution in [0.5, 0.6) is 0 Å². The van der Waals surface area contributed by atoms with Crippen LogP contribution >= 0.6 is 0 Å². The number of imidazole rings is 1. The van der Waals surface area contributed by atoms with Crippen LogP contribution in [0.1, 0.15) is 61.3 Å². The summed E-state index contributed by atoms with van der Waals surface area (Å²) >= 11 is 0. The Kier molecular flexibility index (Phi) is 25.1. The van der Waals surface area contributed by atoms with E-state index in [1.165, 1.54) is 18.5 Å². The summed E-state index contributed by atoms with van der Waals surface area (Å²) in [4.78, 5) is 107. The number of aromatic nitrogens is 6. The number of rotatable bonds is 36. The molecule has 0 fully saturated rings. The molecule has 1 aliphatic heterocycles. The van der Waals surface area contributed by atoms with E-state index in [4.69, 9.17) is 39.4 Å². The molecule has 8 amide bonds. The quantitative estimate of drug-likeness (QED) is 0.0183. The highest BCUT2D eigenvalue weighted by Crippen LogP contribution is 2.31. The molecule has 4 aromatic heterocycles. The second-order valence-electron chi connectivity index (χ2n) is 21.2. The van der Waals surface area contributed by atoms with E-state index in [1.54, 1.807) is 42.6 Å². The maximum atomic E-state index is 13.8. The van der Waals surface area contributed by atoms with Crippen LogP contribution in [0.2, 0.25) is 0 Å². The zero-order valence-electron chi connectivity index (χ0n) is 50.5. The van der Waals surface area contributed by atoms with Crippen molar-refractivity contribution >= 4 is 53.0 Å². The van der Waals surface area contributed by atoms with E-state index in [2.05, 4.69) is 59.1 Å². The minimum atomic E-state index is -1.06. The number of nitrogens with one attached hydrogen (secondary N) is 7. The largest absolute Gasteiger partial charge is 0.445 e. The molecule has 5 heterocycles. The Morgan fingerprint density at radius 1 is 0.689 bits per heavy atom. The van der Waals surface area contributed by atoms with Gasteiger partial charge in [-0.05, 0) is 89.9 Å². The van der Waals surface area contributed by atoms with Crippen LogP contribution in [0.25, 0.3) is 39.4 Å². The van der Waals surface area contributed by atoms with E-state index >= 15 is 0 Å².